The van der Waals surface area contributed by atoms with Gasteiger partial charge in [0.2, 0.25) is 5.13 Å². The van der Waals surface area contributed by atoms with Crippen LogP contribution in [-0.4, -0.2) is 23.3 Å². The van der Waals surface area contributed by atoms with Crippen molar-refractivity contribution in [2.45, 2.75) is 13.8 Å². The smallest absolute Gasteiger partial charge is 0.205 e. The lowest BCUT2D eigenvalue weighted by molar-refractivity contribution is 0.341. The minimum Gasteiger partial charge on any atom is -0.493 e. The number of hydrogen-bond acceptors (Lipinski definition) is 5. The standard InChI is InChI=1S/C12H15N3OS/c1-3-13-12-15-14-11(17-12)9-7-5-6-8-10(9)16-4-2/h5-8H,3-4H2,1-2H3,(H,13,15). The van der Waals surface area contributed by atoms with Crippen molar-refractivity contribution in [3.63, 3.8) is 0 Å². The van der Waals surface area contributed by atoms with Gasteiger partial charge >= 0.3 is 0 Å². The van der Waals surface area contributed by atoms with Crippen LogP contribution in [0.1, 0.15) is 13.8 Å². The van der Waals surface area contributed by atoms with Crippen molar-refractivity contribution in [1.29, 1.82) is 0 Å². The number of anilines is 1. The number of nitrogens with zero attached hydrogens (tertiary/aromatic N) is 2. The molecule has 0 aliphatic carbocycles. The van der Waals surface area contributed by atoms with Gasteiger partial charge in [0.05, 0.1) is 12.2 Å². The van der Waals surface area contributed by atoms with Gasteiger partial charge in [0, 0.05) is 6.54 Å². The molecule has 0 atom stereocenters. The third-order valence-electron chi connectivity index (χ3n) is 2.17. The lowest BCUT2D eigenvalue weighted by Crippen LogP contribution is -1.94. The van der Waals surface area contributed by atoms with Gasteiger partial charge in [-0.1, -0.05) is 23.5 Å². The zero-order valence-corrected chi connectivity index (χ0v) is 10.8. The lowest BCUT2D eigenvalue weighted by atomic mass is 10.2. The van der Waals surface area contributed by atoms with Gasteiger partial charge < -0.3 is 10.1 Å². The van der Waals surface area contributed by atoms with Gasteiger partial charge in [0.15, 0.2) is 5.01 Å². The van der Waals surface area contributed by atoms with Crippen LogP contribution < -0.4 is 10.1 Å². The molecule has 1 heterocycles. The molecule has 90 valence electrons. The molecule has 2 rings (SSSR count). The highest BCUT2D eigenvalue weighted by molar-refractivity contribution is 7.18. The van der Waals surface area contributed by atoms with Crippen molar-refractivity contribution in [3.05, 3.63) is 24.3 Å². The average Bonchev–Trinajstić information content (AvgIpc) is 2.79. The molecule has 0 spiro atoms. The first kappa shape index (κ1) is 11.9. The van der Waals surface area contributed by atoms with E-state index in [2.05, 4.69) is 15.5 Å². The van der Waals surface area contributed by atoms with E-state index in [0.29, 0.717) is 6.61 Å². The molecule has 5 heteroatoms. The van der Waals surface area contributed by atoms with Crippen LogP contribution in [0.2, 0.25) is 0 Å². The number of rotatable bonds is 5. The second kappa shape index (κ2) is 5.63. The zero-order valence-electron chi connectivity index (χ0n) is 9.93. The highest BCUT2D eigenvalue weighted by Crippen LogP contribution is 2.33. The second-order valence-corrected chi connectivity index (χ2v) is 4.35. The van der Waals surface area contributed by atoms with Crippen LogP contribution in [0.3, 0.4) is 0 Å². The molecular weight excluding hydrogens is 234 g/mol. The Bertz CT molecular complexity index is 484. The van der Waals surface area contributed by atoms with Crippen LogP contribution in [0.15, 0.2) is 24.3 Å². The van der Waals surface area contributed by atoms with E-state index < -0.39 is 0 Å². The Morgan fingerprint density at radius 1 is 1.24 bits per heavy atom. The predicted molar refractivity (Wildman–Crippen MR) is 70.7 cm³/mol. The fourth-order valence-electron chi connectivity index (χ4n) is 1.48. The van der Waals surface area contributed by atoms with E-state index in [9.17, 15) is 0 Å². The average molecular weight is 249 g/mol. The van der Waals surface area contributed by atoms with Crippen molar-refractivity contribution in [1.82, 2.24) is 10.2 Å². The summed E-state index contributed by atoms with van der Waals surface area (Å²) in [6.45, 7) is 5.51. The van der Waals surface area contributed by atoms with E-state index in [1.54, 1.807) is 0 Å². The maximum atomic E-state index is 5.58. The van der Waals surface area contributed by atoms with Crippen LogP contribution in [0.4, 0.5) is 5.13 Å². The molecule has 0 aliphatic heterocycles. The molecule has 0 radical (unpaired) electrons. The van der Waals surface area contributed by atoms with Crippen molar-refractivity contribution in [2.75, 3.05) is 18.5 Å². The Morgan fingerprint density at radius 3 is 2.82 bits per heavy atom. The van der Waals surface area contributed by atoms with Gasteiger partial charge in [-0.3, -0.25) is 0 Å². The van der Waals surface area contributed by atoms with Crippen LogP contribution >= 0.6 is 11.3 Å². The molecule has 0 saturated heterocycles. The Balaban J connectivity index is 2.31. The molecule has 1 N–H and O–H groups in total. The number of ether oxygens (including phenoxy) is 1. The van der Waals surface area contributed by atoms with Crippen molar-refractivity contribution < 1.29 is 4.74 Å². The molecule has 1 aromatic heterocycles. The van der Waals surface area contributed by atoms with Gasteiger partial charge in [-0.15, -0.1) is 10.2 Å². The summed E-state index contributed by atoms with van der Waals surface area (Å²) in [5.74, 6) is 0.856. The molecule has 0 saturated carbocycles. The summed E-state index contributed by atoms with van der Waals surface area (Å²) in [5, 5.41) is 13.1. The van der Waals surface area contributed by atoms with Gasteiger partial charge in [-0.05, 0) is 26.0 Å². The summed E-state index contributed by atoms with van der Waals surface area (Å²) in [5.41, 5.74) is 0.996. The van der Waals surface area contributed by atoms with Crippen LogP contribution in [0, 0.1) is 0 Å². The fourth-order valence-corrected chi connectivity index (χ4v) is 2.32. The first-order chi connectivity index (χ1) is 8.35. The molecule has 17 heavy (non-hydrogen) atoms. The highest BCUT2D eigenvalue weighted by Gasteiger charge is 2.10. The largest absolute Gasteiger partial charge is 0.493 e. The molecule has 0 unspecified atom stereocenters. The third kappa shape index (κ3) is 2.74. The van der Waals surface area contributed by atoms with E-state index >= 15 is 0 Å². The van der Waals surface area contributed by atoms with Crippen molar-refractivity contribution in [3.8, 4) is 16.3 Å². The Morgan fingerprint density at radius 2 is 2.06 bits per heavy atom. The van der Waals surface area contributed by atoms with E-state index in [4.69, 9.17) is 4.74 Å². The summed E-state index contributed by atoms with van der Waals surface area (Å²) >= 11 is 1.54. The van der Waals surface area contributed by atoms with E-state index in [-0.39, 0.29) is 0 Å². The first-order valence-corrected chi connectivity index (χ1v) is 6.46. The Labute approximate surface area is 105 Å². The number of aromatic nitrogens is 2. The van der Waals surface area contributed by atoms with E-state index in [0.717, 1.165) is 28.0 Å². The monoisotopic (exact) mass is 249 g/mol. The molecule has 1 aromatic carbocycles. The second-order valence-electron chi connectivity index (χ2n) is 3.37. The van der Waals surface area contributed by atoms with Gasteiger partial charge in [0.25, 0.3) is 0 Å². The van der Waals surface area contributed by atoms with Gasteiger partial charge in [-0.25, -0.2) is 0 Å². The molecule has 0 bridgehead atoms. The molecule has 2 aromatic rings. The topological polar surface area (TPSA) is 47.0 Å². The van der Waals surface area contributed by atoms with Gasteiger partial charge in [-0.2, -0.15) is 0 Å². The number of hydrogen-bond donors (Lipinski definition) is 1. The summed E-state index contributed by atoms with van der Waals surface area (Å²) in [7, 11) is 0. The summed E-state index contributed by atoms with van der Waals surface area (Å²) in [6, 6.07) is 7.89. The molecule has 0 amide bonds. The number of nitrogens with one attached hydrogen (secondary N) is 1. The zero-order chi connectivity index (χ0) is 12.1. The normalized spacial score (nSPS) is 10.2. The maximum absolute atomic E-state index is 5.58. The molecule has 0 aliphatic rings. The number of para-hydroxylation sites is 1. The molecular formula is C12H15N3OS. The van der Waals surface area contributed by atoms with Gasteiger partial charge in [0.1, 0.15) is 5.75 Å². The molecule has 4 nitrogen and oxygen atoms in total. The summed E-state index contributed by atoms with van der Waals surface area (Å²) in [4.78, 5) is 0. The quantitative estimate of drug-likeness (QED) is 0.884. The SMILES string of the molecule is CCNc1nnc(-c2ccccc2OCC)s1. The minimum absolute atomic E-state index is 0.649. The summed E-state index contributed by atoms with van der Waals surface area (Å²) in [6.07, 6.45) is 0. The minimum atomic E-state index is 0.649. The Hall–Kier alpha value is -1.62. The number of benzene rings is 1. The Kier molecular flexibility index (Phi) is 3.93. The maximum Gasteiger partial charge on any atom is 0.205 e. The van der Waals surface area contributed by atoms with E-state index in [1.165, 1.54) is 11.3 Å². The van der Waals surface area contributed by atoms with Crippen LogP contribution in [0.25, 0.3) is 10.6 Å². The highest BCUT2D eigenvalue weighted by atomic mass is 32.1. The molecule has 0 fully saturated rings. The third-order valence-corrected chi connectivity index (χ3v) is 3.08. The summed E-state index contributed by atoms with van der Waals surface area (Å²) < 4.78 is 5.58. The van der Waals surface area contributed by atoms with Crippen molar-refractivity contribution >= 4 is 16.5 Å². The predicted octanol–water partition coefficient (Wildman–Crippen LogP) is 3.04. The van der Waals surface area contributed by atoms with E-state index in [1.807, 2.05) is 38.1 Å². The lowest BCUT2D eigenvalue weighted by Gasteiger charge is -2.06. The fraction of sp³-hybridized carbons (Fsp3) is 0.333. The first-order valence-electron chi connectivity index (χ1n) is 5.64. The van der Waals surface area contributed by atoms with Crippen LogP contribution in [0.5, 0.6) is 5.75 Å². The van der Waals surface area contributed by atoms with Crippen molar-refractivity contribution in [2.24, 2.45) is 0 Å². The van der Waals surface area contributed by atoms with Crippen LogP contribution in [-0.2, 0) is 0 Å².